The zero-order valence-corrected chi connectivity index (χ0v) is 35.5. The molecule has 4 aromatic carbocycles. The van der Waals surface area contributed by atoms with Crippen LogP contribution in [0.2, 0.25) is 10.0 Å². The lowest BCUT2D eigenvalue weighted by Crippen LogP contribution is -2.30. The number of carbonyl (C=O) groups excluding carboxylic acids is 1. The third kappa shape index (κ3) is 10.8. The van der Waals surface area contributed by atoms with E-state index in [1.807, 2.05) is 85.7 Å². The predicted octanol–water partition coefficient (Wildman–Crippen LogP) is 9.55. The second-order valence-corrected chi connectivity index (χ2v) is 16.1. The average molecular weight is 844 g/mol. The number of carboxylic acid groups (broad SMARTS) is 1. The van der Waals surface area contributed by atoms with Crippen molar-refractivity contribution < 1.29 is 23.5 Å². The highest BCUT2D eigenvalue weighted by molar-refractivity contribution is 6.35. The van der Waals surface area contributed by atoms with Crippen molar-refractivity contribution in [2.24, 2.45) is 5.73 Å². The van der Waals surface area contributed by atoms with Crippen LogP contribution in [0, 0.1) is 48.1 Å². The molecule has 308 valence electrons. The number of halogens is 4. The Labute approximate surface area is 352 Å². The molecule has 4 N–H and O–H groups in total. The number of carbonyl (C=O) groups is 2. The van der Waals surface area contributed by atoms with Crippen LogP contribution in [0.3, 0.4) is 0 Å². The van der Waals surface area contributed by atoms with Gasteiger partial charge in [0.25, 0.3) is 0 Å². The molecule has 0 radical (unpaired) electrons. The number of aryl methyl sites for hydroxylation is 2. The van der Waals surface area contributed by atoms with Gasteiger partial charge in [-0.3, -0.25) is 9.59 Å². The standard InChI is InChI=1S/C22H22ClFN4O.C13H18N2.C9H6ClFN2O2/c1-13-9-15(5-6-16(13)22(3,4)11-25)14(2)27-19(29)10-28-12-26-18-8-7-17(24)20(23)21(18)28;1-9-7-11(10(2)15)5-6-12(9)13(3,4)8-14;10-8-5(11)1-2-6-9(8)13(4-12-6)3-7(14)15/h5-9,12,14H,10H2,1-4H3,(H,27,29);5-7,10H,15H2,1-4H3;1-2,4H,3H2,(H,14,15). The number of rotatable bonds is 9. The smallest absolute Gasteiger partial charge is 0.323 e. The number of carboxylic acids is 1. The number of aliphatic carboxylic acids is 1. The maximum atomic E-state index is 13.8. The van der Waals surface area contributed by atoms with E-state index in [2.05, 4.69) is 33.5 Å². The van der Waals surface area contributed by atoms with E-state index >= 15 is 0 Å². The number of nitrogens with two attached hydrogens (primary N) is 1. The van der Waals surface area contributed by atoms with E-state index in [1.165, 1.54) is 46.1 Å². The topological polar surface area (TPSA) is 176 Å². The van der Waals surface area contributed by atoms with Crippen molar-refractivity contribution in [3.05, 3.63) is 128 Å². The zero-order valence-electron chi connectivity index (χ0n) is 34.0. The monoisotopic (exact) mass is 842 g/mol. The third-order valence-electron chi connectivity index (χ3n) is 9.77. The van der Waals surface area contributed by atoms with Gasteiger partial charge in [0.2, 0.25) is 5.91 Å². The van der Waals surface area contributed by atoms with Gasteiger partial charge >= 0.3 is 5.97 Å². The first-order valence-corrected chi connectivity index (χ1v) is 19.3. The van der Waals surface area contributed by atoms with Crippen LogP contribution in [-0.2, 0) is 33.5 Å². The molecule has 0 aliphatic heterocycles. The summed E-state index contributed by atoms with van der Waals surface area (Å²) in [5.74, 6) is -2.41. The summed E-state index contributed by atoms with van der Waals surface area (Å²) in [7, 11) is 0. The number of nitrogens with one attached hydrogen (secondary N) is 1. The summed E-state index contributed by atoms with van der Waals surface area (Å²) in [6.45, 7) is 15.1. The van der Waals surface area contributed by atoms with Gasteiger partial charge in [0.15, 0.2) is 0 Å². The molecule has 2 heterocycles. The third-order valence-corrected chi connectivity index (χ3v) is 10.5. The van der Waals surface area contributed by atoms with Crippen molar-refractivity contribution in [2.75, 3.05) is 0 Å². The first-order valence-electron chi connectivity index (χ1n) is 18.5. The van der Waals surface area contributed by atoms with Gasteiger partial charge in [-0.1, -0.05) is 59.6 Å². The number of fused-ring (bicyclic) bond motifs is 2. The van der Waals surface area contributed by atoms with Gasteiger partial charge in [0.05, 0.1) is 63.7 Å². The van der Waals surface area contributed by atoms with Crippen LogP contribution in [0.4, 0.5) is 8.78 Å². The molecule has 0 aliphatic carbocycles. The quantitative estimate of drug-likeness (QED) is 0.129. The van der Waals surface area contributed by atoms with Crippen molar-refractivity contribution in [3.8, 4) is 12.1 Å². The van der Waals surface area contributed by atoms with Crippen LogP contribution in [0.15, 0.2) is 73.3 Å². The molecule has 6 rings (SSSR count). The highest BCUT2D eigenvalue weighted by atomic mass is 35.5. The molecule has 1 amide bonds. The van der Waals surface area contributed by atoms with E-state index in [4.69, 9.17) is 39.3 Å². The SMILES string of the molecule is Cc1cc(C(C)N)ccc1C(C)(C)C#N.Cc1cc(C(C)NC(=O)Cn2cnc3ccc(F)c(Cl)c32)ccc1C(C)(C)C#N.O=C(O)Cn1cnc2ccc(F)c(Cl)c21. The predicted molar refractivity (Wildman–Crippen MR) is 226 cm³/mol. The number of nitrogens with zero attached hydrogens (tertiary/aromatic N) is 6. The minimum absolute atomic E-state index is 0.0253. The second kappa shape index (κ2) is 18.8. The Morgan fingerprint density at radius 3 is 1.61 bits per heavy atom. The molecule has 0 fully saturated rings. The largest absolute Gasteiger partial charge is 0.480 e. The van der Waals surface area contributed by atoms with E-state index in [0.29, 0.717) is 22.1 Å². The minimum Gasteiger partial charge on any atom is -0.480 e. The molecule has 2 aromatic heterocycles. The summed E-state index contributed by atoms with van der Waals surface area (Å²) >= 11 is 11.8. The van der Waals surface area contributed by atoms with E-state index in [1.54, 1.807) is 0 Å². The summed E-state index contributed by atoms with van der Waals surface area (Å²) in [6.07, 6.45) is 2.80. The number of hydrogen-bond donors (Lipinski definition) is 3. The number of hydrogen-bond acceptors (Lipinski definition) is 7. The van der Waals surface area contributed by atoms with E-state index in [0.717, 1.165) is 33.4 Å². The highest BCUT2D eigenvalue weighted by Crippen LogP contribution is 2.30. The Balaban J connectivity index is 0.000000215. The Bertz CT molecular complexity index is 2600. The molecule has 59 heavy (non-hydrogen) atoms. The molecule has 15 heteroatoms. The van der Waals surface area contributed by atoms with E-state index < -0.39 is 28.4 Å². The highest BCUT2D eigenvalue weighted by Gasteiger charge is 2.24. The Hall–Kier alpha value is -5.86. The van der Waals surface area contributed by atoms with Crippen molar-refractivity contribution in [1.29, 1.82) is 10.5 Å². The number of aromatic nitrogens is 4. The van der Waals surface area contributed by atoms with Crippen LogP contribution in [0.1, 0.15) is 87.0 Å². The van der Waals surface area contributed by atoms with Gasteiger partial charge in [-0.25, -0.2) is 18.7 Å². The Morgan fingerprint density at radius 2 is 1.20 bits per heavy atom. The van der Waals surface area contributed by atoms with Gasteiger partial charge < -0.3 is 25.3 Å². The van der Waals surface area contributed by atoms with Crippen LogP contribution < -0.4 is 11.1 Å². The van der Waals surface area contributed by atoms with Gasteiger partial charge in [0.1, 0.15) is 34.8 Å². The fraction of sp³-hybridized carbons (Fsp3) is 0.318. The first kappa shape index (κ1) is 45.8. The van der Waals surface area contributed by atoms with Gasteiger partial charge in [-0.05, 0) is 113 Å². The summed E-state index contributed by atoms with van der Waals surface area (Å²) in [4.78, 5) is 31.2. The Morgan fingerprint density at radius 1 is 0.780 bits per heavy atom. The van der Waals surface area contributed by atoms with Crippen molar-refractivity contribution >= 4 is 57.1 Å². The van der Waals surface area contributed by atoms with E-state index in [9.17, 15) is 23.6 Å². The van der Waals surface area contributed by atoms with Crippen LogP contribution in [0.25, 0.3) is 22.1 Å². The lowest BCUT2D eigenvalue weighted by molar-refractivity contribution is -0.137. The second-order valence-electron chi connectivity index (χ2n) is 15.3. The van der Waals surface area contributed by atoms with Crippen LogP contribution in [-0.4, -0.2) is 36.1 Å². The Kier molecular flexibility index (Phi) is 14.6. The van der Waals surface area contributed by atoms with Gasteiger partial charge in [-0.2, -0.15) is 10.5 Å². The van der Waals surface area contributed by atoms with Gasteiger partial charge in [0, 0.05) is 6.04 Å². The number of imidazole rings is 2. The molecule has 0 saturated carbocycles. The molecule has 6 aromatic rings. The van der Waals surface area contributed by atoms with Gasteiger partial charge in [-0.15, -0.1) is 0 Å². The summed E-state index contributed by atoms with van der Waals surface area (Å²) < 4.78 is 29.7. The fourth-order valence-corrected chi connectivity index (χ4v) is 7.09. The van der Waals surface area contributed by atoms with Crippen LogP contribution >= 0.6 is 23.2 Å². The molecule has 2 atom stereocenters. The molecule has 0 saturated heterocycles. The molecule has 11 nitrogen and oxygen atoms in total. The maximum Gasteiger partial charge on any atom is 0.323 e. The molecular weight excluding hydrogens is 797 g/mol. The van der Waals surface area contributed by atoms with Crippen molar-refractivity contribution in [3.63, 3.8) is 0 Å². The summed E-state index contributed by atoms with van der Waals surface area (Å²) in [6, 6.07) is 21.8. The molecular formula is C44H46Cl2F2N8O3. The number of nitriles is 2. The average Bonchev–Trinajstić information content (AvgIpc) is 3.78. The molecule has 0 spiro atoms. The molecule has 0 aliphatic rings. The lowest BCUT2D eigenvalue weighted by Gasteiger charge is -2.21. The maximum absolute atomic E-state index is 13.8. The van der Waals surface area contributed by atoms with Crippen LogP contribution in [0.5, 0.6) is 0 Å². The minimum atomic E-state index is -1.03. The number of amides is 1. The normalized spacial score (nSPS) is 12.3. The zero-order chi connectivity index (χ0) is 44.0. The summed E-state index contributed by atoms with van der Waals surface area (Å²) in [5.41, 5.74) is 12.7. The van der Waals surface area contributed by atoms with E-state index in [-0.39, 0.29) is 41.1 Å². The van der Waals surface area contributed by atoms with Crippen molar-refractivity contribution in [1.82, 2.24) is 24.4 Å². The first-order chi connectivity index (χ1) is 27.6. The fourth-order valence-electron chi connectivity index (χ4n) is 6.55. The number of benzene rings is 4. The summed E-state index contributed by atoms with van der Waals surface area (Å²) in [5, 5.41) is 29.8. The lowest BCUT2D eigenvalue weighted by atomic mass is 9.82. The van der Waals surface area contributed by atoms with Crippen molar-refractivity contribution in [2.45, 2.75) is 91.4 Å². The molecule has 2 unspecified atom stereocenters. The molecule has 0 bridgehead atoms.